The second-order valence-electron chi connectivity index (χ2n) is 12.8. The highest BCUT2D eigenvalue weighted by Crippen LogP contribution is 2.43. The van der Waals surface area contributed by atoms with Gasteiger partial charge in [-0.05, 0) is 64.2 Å². The second kappa shape index (κ2) is 33.8. The average Bonchev–Trinajstić information content (AvgIpc) is 3.08. The molecule has 0 heterocycles. The summed E-state index contributed by atoms with van der Waals surface area (Å²) in [4.78, 5) is 45.7. The zero-order chi connectivity index (χ0) is 37.1. The molecule has 0 bridgehead atoms. The van der Waals surface area contributed by atoms with Crippen LogP contribution in [0.3, 0.4) is 0 Å². The Bertz CT molecular complexity index is 1000. The summed E-state index contributed by atoms with van der Waals surface area (Å²) in [5, 5.41) is 21.7. The number of phosphoric ester groups is 1. The minimum atomic E-state index is -4.75. The Morgan fingerprint density at radius 3 is 1.72 bits per heavy atom. The molecule has 0 rings (SSSR count). The number of aliphatic hydroxyl groups excluding tert-OH is 1. The first kappa shape index (κ1) is 47.7. The van der Waals surface area contributed by atoms with Crippen molar-refractivity contribution in [2.24, 2.45) is 0 Å². The van der Waals surface area contributed by atoms with Gasteiger partial charge < -0.3 is 25.2 Å². The number of carbonyl (C=O) groups excluding carboxylic acids is 2. The fourth-order valence-electron chi connectivity index (χ4n) is 4.87. The van der Waals surface area contributed by atoms with Gasteiger partial charge in [0.05, 0.1) is 13.2 Å². The lowest BCUT2D eigenvalue weighted by Crippen LogP contribution is -2.43. The summed E-state index contributed by atoms with van der Waals surface area (Å²) < 4.78 is 26.7. The van der Waals surface area contributed by atoms with E-state index in [1.165, 1.54) is 32.1 Å². The average molecular weight is 730 g/mol. The Labute approximate surface area is 301 Å². The quantitative estimate of drug-likeness (QED) is 0.0214. The fourth-order valence-corrected chi connectivity index (χ4v) is 5.65. The lowest BCUT2D eigenvalue weighted by Gasteiger charge is -2.18. The van der Waals surface area contributed by atoms with Crippen molar-refractivity contribution in [2.45, 2.75) is 167 Å². The number of nitrogens with one attached hydrogen (secondary N) is 1. The summed E-state index contributed by atoms with van der Waals surface area (Å²) in [7, 11) is -4.75. The molecule has 0 saturated carbocycles. The van der Waals surface area contributed by atoms with Gasteiger partial charge >= 0.3 is 19.8 Å². The Morgan fingerprint density at radius 2 is 1.14 bits per heavy atom. The molecule has 0 aromatic heterocycles. The Hall–Kier alpha value is -2.30. The molecule has 0 aliphatic carbocycles. The van der Waals surface area contributed by atoms with E-state index in [9.17, 15) is 34.1 Å². The highest BCUT2D eigenvalue weighted by atomic mass is 31.2. The van der Waals surface area contributed by atoms with Gasteiger partial charge in [0.25, 0.3) is 0 Å². The van der Waals surface area contributed by atoms with Gasteiger partial charge in [0, 0.05) is 12.8 Å². The van der Waals surface area contributed by atoms with E-state index in [1.54, 1.807) is 0 Å². The molecular weight excluding hydrogens is 661 g/mol. The standard InChI is InChI=1S/C38H68NO10P/c1-3-5-7-9-11-13-15-17-19-21-23-25-27-29-36(41)39-35(38(43)44)33-49-50(45,46)48-32-34(40)31-47-37(42)30-28-26-24-22-20-18-16-14-12-10-8-6-4-2/h8,10,13-16,34-35,40H,3-7,9,11-12,17-33H2,1-2H3,(H,39,41)(H,43,44)(H,45,46)/b10-8-,15-13-,16-14-. The number of rotatable bonds is 35. The number of allylic oxidation sites excluding steroid dienone is 6. The molecule has 1 amide bonds. The molecule has 11 nitrogen and oxygen atoms in total. The normalized spacial score (nSPS) is 14.3. The first-order valence-electron chi connectivity index (χ1n) is 19.0. The number of aliphatic hydroxyl groups is 1. The van der Waals surface area contributed by atoms with Gasteiger partial charge in [-0.1, -0.05) is 115 Å². The van der Waals surface area contributed by atoms with Crippen molar-refractivity contribution in [1.82, 2.24) is 5.32 Å². The first-order valence-corrected chi connectivity index (χ1v) is 20.5. The van der Waals surface area contributed by atoms with Crippen LogP contribution < -0.4 is 5.32 Å². The minimum absolute atomic E-state index is 0.134. The molecule has 290 valence electrons. The van der Waals surface area contributed by atoms with E-state index in [4.69, 9.17) is 13.8 Å². The van der Waals surface area contributed by atoms with Crippen molar-refractivity contribution >= 4 is 25.7 Å². The van der Waals surface area contributed by atoms with E-state index in [0.29, 0.717) is 12.8 Å². The summed E-state index contributed by atoms with van der Waals surface area (Å²) in [5.41, 5.74) is 0. The molecular formula is C38H68NO10P. The molecule has 4 N–H and O–H groups in total. The number of hydrogen-bond donors (Lipinski definition) is 4. The van der Waals surface area contributed by atoms with Gasteiger partial charge in [-0.15, -0.1) is 0 Å². The molecule has 0 aliphatic heterocycles. The molecule has 0 aliphatic rings. The third-order valence-electron chi connectivity index (χ3n) is 7.88. The molecule has 50 heavy (non-hydrogen) atoms. The van der Waals surface area contributed by atoms with E-state index in [0.717, 1.165) is 83.5 Å². The van der Waals surface area contributed by atoms with Crippen LogP contribution in [0.4, 0.5) is 0 Å². The fraction of sp³-hybridized carbons (Fsp3) is 0.763. The van der Waals surface area contributed by atoms with Crippen molar-refractivity contribution in [3.63, 3.8) is 0 Å². The third-order valence-corrected chi connectivity index (χ3v) is 8.83. The number of ether oxygens (including phenoxy) is 1. The predicted octanol–water partition coefficient (Wildman–Crippen LogP) is 8.88. The molecule has 0 aromatic carbocycles. The van der Waals surface area contributed by atoms with E-state index in [2.05, 4.69) is 55.6 Å². The van der Waals surface area contributed by atoms with Crippen molar-refractivity contribution in [3.05, 3.63) is 36.5 Å². The largest absolute Gasteiger partial charge is 0.480 e. The maximum absolute atomic E-state index is 12.2. The number of carboxylic acid groups (broad SMARTS) is 1. The first-order chi connectivity index (χ1) is 24.1. The van der Waals surface area contributed by atoms with Crippen molar-refractivity contribution in [3.8, 4) is 0 Å². The summed E-state index contributed by atoms with van der Waals surface area (Å²) in [5.74, 6) is -2.41. The summed E-state index contributed by atoms with van der Waals surface area (Å²) in [6.07, 6.45) is 33.2. The van der Waals surface area contributed by atoms with Crippen LogP contribution in [0.2, 0.25) is 0 Å². The van der Waals surface area contributed by atoms with Crippen LogP contribution >= 0.6 is 7.82 Å². The number of esters is 1. The molecule has 3 unspecified atom stereocenters. The van der Waals surface area contributed by atoms with Crippen LogP contribution in [-0.2, 0) is 32.7 Å². The van der Waals surface area contributed by atoms with Gasteiger partial charge in [-0.2, -0.15) is 0 Å². The van der Waals surface area contributed by atoms with E-state index < -0.39 is 57.6 Å². The molecule has 0 saturated heterocycles. The van der Waals surface area contributed by atoms with Crippen LogP contribution in [0.1, 0.15) is 155 Å². The summed E-state index contributed by atoms with van der Waals surface area (Å²) >= 11 is 0. The Morgan fingerprint density at radius 1 is 0.640 bits per heavy atom. The highest BCUT2D eigenvalue weighted by Gasteiger charge is 2.28. The molecule has 3 atom stereocenters. The maximum Gasteiger partial charge on any atom is 0.472 e. The van der Waals surface area contributed by atoms with Gasteiger partial charge in [0.2, 0.25) is 5.91 Å². The lowest BCUT2D eigenvalue weighted by molar-refractivity contribution is -0.147. The number of aliphatic carboxylic acids is 1. The number of hydrogen-bond acceptors (Lipinski definition) is 8. The van der Waals surface area contributed by atoms with E-state index in [-0.39, 0.29) is 12.8 Å². The SMILES string of the molecule is CCC/C=C\C/C=C\CCCCCCCC(=O)OCC(O)COP(=O)(O)OCC(NC(=O)CCCCCCC/C=C\CCCCCC)C(=O)O. The van der Waals surface area contributed by atoms with Crippen LogP contribution in [0.5, 0.6) is 0 Å². The monoisotopic (exact) mass is 729 g/mol. The number of carboxylic acids is 1. The van der Waals surface area contributed by atoms with Crippen LogP contribution in [0, 0.1) is 0 Å². The zero-order valence-corrected chi connectivity index (χ0v) is 31.8. The minimum Gasteiger partial charge on any atom is -0.480 e. The number of amides is 1. The van der Waals surface area contributed by atoms with Crippen molar-refractivity contribution in [1.29, 1.82) is 0 Å². The second-order valence-corrected chi connectivity index (χ2v) is 14.2. The lowest BCUT2D eigenvalue weighted by atomic mass is 10.1. The Balaban J connectivity index is 4.00. The smallest absolute Gasteiger partial charge is 0.472 e. The molecule has 0 aromatic rings. The van der Waals surface area contributed by atoms with Gasteiger partial charge in [-0.3, -0.25) is 18.6 Å². The van der Waals surface area contributed by atoms with Crippen molar-refractivity contribution < 1.29 is 47.8 Å². The van der Waals surface area contributed by atoms with Crippen LogP contribution in [-0.4, -0.2) is 64.9 Å². The van der Waals surface area contributed by atoms with E-state index in [1.807, 2.05) is 0 Å². The van der Waals surface area contributed by atoms with Crippen LogP contribution in [0.15, 0.2) is 36.5 Å². The third kappa shape index (κ3) is 32.9. The van der Waals surface area contributed by atoms with Crippen LogP contribution in [0.25, 0.3) is 0 Å². The maximum atomic E-state index is 12.2. The summed E-state index contributed by atoms with van der Waals surface area (Å²) in [6.45, 7) is 2.46. The Kier molecular flexibility index (Phi) is 32.3. The van der Waals surface area contributed by atoms with Gasteiger partial charge in [0.1, 0.15) is 12.7 Å². The number of carbonyl (C=O) groups is 3. The van der Waals surface area contributed by atoms with Gasteiger partial charge in [-0.25, -0.2) is 9.36 Å². The molecule has 0 radical (unpaired) electrons. The number of unbranched alkanes of at least 4 members (excludes halogenated alkanes) is 15. The number of phosphoric acid groups is 1. The zero-order valence-electron chi connectivity index (χ0n) is 30.9. The highest BCUT2D eigenvalue weighted by molar-refractivity contribution is 7.47. The van der Waals surface area contributed by atoms with E-state index >= 15 is 0 Å². The molecule has 12 heteroatoms. The molecule has 0 fully saturated rings. The van der Waals surface area contributed by atoms with Crippen molar-refractivity contribution in [2.75, 3.05) is 19.8 Å². The van der Waals surface area contributed by atoms with Gasteiger partial charge in [0.15, 0.2) is 6.04 Å². The summed E-state index contributed by atoms with van der Waals surface area (Å²) in [6, 6.07) is -1.55. The molecule has 0 spiro atoms. The topological polar surface area (TPSA) is 169 Å². The predicted molar refractivity (Wildman–Crippen MR) is 199 cm³/mol.